The van der Waals surface area contributed by atoms with Gasteiger partial charge in [0.05, 0.1) is 5.56 Å². The summed E-state index contributed by atoms with van der Waals surface area (Å²) in [5.74, 6) is -0.496. The normalized spacial score (nSPS) is 17.9. The summed E-state index contributed by atoms with van der Waals surface area (Å²) < 4.78 is 37.7. The molecule has 2 rings (SSSR count). The van der Waals surface area contributed by atoms with Crippen molar-refractivity contribution in [3.05, 3.63) is 29.3 Å². The predicted octanol–water partition coefficient (Wildman–Crippen LogP) is 4.07. The van der Waals surface area contributed by atoms with Crippen molar-refractivity contribution in [2.45, 2.75) is 37.8 Å². The zero-order chi connectivity index (χ0) is 11.8. The van der Waals surface area contributed by atoms with Gasteiger partial charge in [-0.25, -0.2) is 0 Å². The fraction of sp³-hybridized carbons (Fsp3) is 0.500. The number of hydrogen-bond donors (Lipinski definition) is 1. The maximum atomic E-state index is 12.6. The van der Waals surface area contributed by atoms with Gasteiger partial charge in [-0.05, 0) is 30.4 Å². The van der Waals surface area contributed by atoms with E-state index in [2.05, 4.69) is 0 Å². The first-order chi connectivity index (χ1) is 7.50. The molecule has 0 amide bonds. The van der Waals surface area contributed by atoms with Crippen molar-refractivity contribution in [1.29, 1.82) is 0 Å². The number of rotatable bonds is 1. The Morgan fingerprint density at radius 2 is 1.75 bits per heavy atom. The largest absolute Gasteiger partial charge is 0.507 e. The fourth-order valence-electron chi connectivity index (χ4n) is 2.36. The van der Waals surface area contributed by atoms with E-state index in [4.69, 9.17) is 0 Å². The number of benzene rings is 1. The Bertz CT molecular complexity index is 378. The van der Waals surface area contributed by atoms with Crippen molar-refractivity contribution in [3.63, 3.8) is 0 Å². The zero-order valence-electron chi connectivity index (χ0n) is 8.72. The van der Waals surface area contributed by atoms with E-state index < -0.39 is 17.5 Å². The first-order valence-corrected chi connectivity index (χ1v) is 5.39. The molecule has 1 N–H and O–H groups in total. The van der Waals surface area contributed by atoms with Gasteiger partial charge in [-0.1, -0.05) is 25.0 Å². The van der Waals surface area contributed by atoms with Crippen LogP contribution in [0.3, 0.4) is 0 Å². The van der Waals surface area contributed by atoms with Gasteiger partial charge in [0.25, 0.3) is 0 Å². The Balaban J connectivity index is 2.40. The van der Waals surface area contributed by atoms with Crippen LogP contribution in [-0.2, 0) is 6.18 Å². The Morgan fingerprint density at radius 3 is 2.31 bits per heavy atom. The molecule has 0 unspecified atom stereocenters. The van der Waals surface area contributed by atoms with E-state index in [0.717, 1.165) is 31.7 Å². The van der Waals surface area contributed by atoms with Crippen LogP contribution in [0.4, 0.5) is 13.2 Å². The fourth-order valence-corrected chi connectivity index (χ4v) is 2.36. The first kappa shape index (κ1) is 11.3. The van der Waals surface area contributed by atoms with Crippen LogP contribution in [0.2, 0.25) is 0 Å². The minimum absolute atomic E-state index is 0.0855. The molecule has 1 saturated carbocycles. The molecule has 16 heavy (non-hydrogen) atoms. The zero-order valence-corrected chi connectivity index (χ0v) is 8.72. The van der Waals surface area contributed by atoms with Crippen LogP contribution in [0.25, 0.3) is 0 Å². The van der Waals surface area contributed by atoms with E-state index in [9.17, 15) is 18.3 Å². The maximum absolute atomic E-state index is 12.6. The minimum Gasteiger partial charge on any atom is -0.507 e. The summed E-state index contributed by atoms with van der Waals surface area (Å²) in [5.41, 5.74) is -0.468. The number of halogens is 3. The van der Waals surface area contributed by atoms with Crippen molar-refractivity contribution in [2.75, 3.05) is 0 Å². The minimum atomic E-state index is -4.47. The Hall–Kier alpha value is -1.19. The molecule has 1 aliphatic carbocycles. The quantitative estimate of drug-likeness (QED) is 0.771. The monoisotopic (exact) mass is 230 g/mol. The lowest BCUT2D eigenvalue weighted by Crippen LogP contribution is -2.07. The number of alkyl halides is 3. The van der Waals surface area contributed by atoms with Crippen molar-refractivity contribution >= 4 is 0 Å². The molecule has 0 saturated heterocycles. The second-order valence-corrected chi connectivity index (χ2v) is 4.22. The van der Waals surface area contributed by atoms with Gasteiger partial charge >= 0.3 is 6.18 Å². The molecule has 4 heteroatoms. The van der Waals surface area contributed by atoms with E-state index in [1.165, 1.54) is 6.07 Å². The van der Waals surface area contributed by atoms with E-state index in [1.807, 2.05) is 0 Å². The van der Waals surface area contributed by atoms with Crippen molar-refractivity contribution in [1.82, 2.24) is 0 Å². The second-order valence-electron chi connectivity index (χ2n) is 4.22. The number of phenols is 1. The summed E-state index contributed by atoms with van der Waals surface area (Å²) in [4.78, 5) is 0. The van der Waals surface area contributed by atoms with Gasteiger partial charge in [-0.2, -0.15) is 13.2 Å². The average Bonchev–Trinajstić information content (AvgIpc) is 2.69. The van der Waals surface area contributed by atoms with E-state index in [0.29, 0.717) is 5.56 Å². The van der Waals surface area contributed by atoms with E-state index >= 15 is 0 Å². The highest BCUT2D eigenvalue weighted by Crippen LogP contribution is 2.43. The van der Waals surface area contributed by atoms with Gasteiger partial charge in [-0.15, -0.1) is 0 Å². The highest BCUT2D eigenvalue weighted by atomic mass is 19.4. The van der Waals surface area contributed by atoms with Crippen LogP contribution in [-0.4, -0.2) is 5.11 Å². The van der Waals surface area contributed by atoms with Crippen LogP contribution in [0, 0.1) is 0 Å². The van der Waals surface area contributed by atoms with Gasteiger partial charge in [-0.3, -0.25) is 0 Å². The van der Waals surface area contributed by atoms with Gasteiger partial charge < -0.3 is 5.11 Å². The lowest BCUT2D eigenvalue weighted by Gasteiger charge is -2.16. The van der Waals surface area contributed by atoms with E-state index in [1.54, 1.807) is 6.07 Å². The average molecular weight is 230 g/mol. The van der Waals surface area contributed by atoms with Gasteiger partial charge in [0.1, 0.15) is 5.75 Å². The van der Waals surface area contributed by atoms with Crippen LogP contribution in [0.15, 0.2) is 18.2 Å². The molecular weight excluding hydrogens is 217 g/mol. The van der Waals surface area contributed by atoms with Gasteiger partial charge in [0, 0.05) is 0 Å². The molecule has 0 heterocycles. The maximum Gasteiger partial charge on any atom is 0.419 e. The van der Waals surface area contributed by atoms with Crippen LogP contribution >= 0.6 is 0 Å². The summed E-state index contributed by atoms with van der Waals surface area (Å²) >= 11 is 0. The van der Waals surface area contributed by atoms with Crippen molar-refractivity contribution in [3.8, 4) is 5.75 Å². The molecule has 0 spiro atoms. The molecule has 0 radical (unpaired) electrons. The third kappa shape index (κ3) is 2.01. The Kier molecular flexibility index (Phi) is 2.82. The Labute approximate surface area is 91.9 Å². The Morgan fingerprint density at radius 1 is 1.12 bits per heavy atom. The lowest BCUT2D eigenvalue weighted by atomic mass is 9.94. The number of aromatic hydroxyl groups is 1. The predicted molar refractivity (Wildman–Crippen MR) is 54.3 cm³/mol. The van der Waals surface area contributed by atoms with E-state index in [-0.39, 0.29) is 5.92 Å². The second kappa shape index (κ2) is 4.00. The first-order valence-electron chi connectivity index (χ1n) is 5.39. The highest BCUT2D eigenvalue weighted by molar-refractivity contribution is 5.44. The van der Waals surface area contributed by atoms with Crippen LogP contribution in [0.5, 0.6) is 5.75 Å². The number of hydrogen-bond acceptors (Lipinski definition) is 1. The highest BCUT2D eigenvalue weighted by Gasteiger charge is 2.35. The molecule has 0 bridgehead atoms. The molecule has 0 atom stereocenters. The third-order valence-electron chi connectivity index (χ3n) is 3.17. The molecule has 0 aliphatic heterocycles. The van der Waals surface area contributed by atoms with Crippen molar-refractivity contribution < 1.29 is 18.3 Å². The summed E-state index contributed by atoms with van der Waals surface area (Å²) in [6.45, 7) is 0. The standard InChI is InChI=1S/C12H13F3O/c13-12(14,15)10-7-3-6-9(11(10)16)8-4-1-2-5-8/h3,6-8,16H,1-2,4-5H2. The number of para-hydroxylation sites is 1. The SMILES string of the molecule is Oc1c(C2CCCC2)cccc1C(F)(F)F. The molecule has 1 aromatic rings. The number of phenolic OH excluding ortho intramolecular Hbond substituents is 1. The smallest absolute Gasteiger partial charge is 0.419 e. The molecule has 88 valence electrons. The van der Waals surface area contributed by atoms with Crippen LogP contribution in [0.1, 0.15) is 42.7 Å². The van der Waals surface area contributed by atoms with Crippen LogP contribution < -0.4 is 0 Å². The topological polar surface area (TPSA) is 20.2 Å². The summed E-state index contributed by atoms with van der Waals surface area (Å²) in [6, 6.07) is 3.89. The summed E-state index contributed by atoms with van der Waals surface area (Å²) in [6.07, 6.45) is -0.677. The van der Waals surface area contributed by atoms with Gasteiger partial charge in [0.15, 0.2) is 0 Å². The molecule has 1 aliphatic rings. The van der Waals surface area contributed by atoms with Gasteiger partial charge in [0.2, 0.25) is 0 Å². The molecule has 0 aromatic heterocycles. The molecule has 1 fully saturated rings. The molecule has 1 aromatic carbocycles. The third-order valence-corrected chi connectivity index (χ3v) is 3.17. The molecular formula is C12H13F3O. The summed E-state index contributed by atoms with van der Waals surface area (Å²) in [7, 11) is 0. The lowest BCUT2D eigenvalue weighted by molar-refractivity contribution is -0.138. The summed E-state index contributed by atoms with van der Waals surface area (Å²) in [5, 5.41) is 9.66. The molecule has 1 nitrogen and oxygen atoms in total. The van der Waals surface area contributed by atoms with Crippen molar-refractivity contribution in [2.24, 2.45) is 0 Å².